The zero-order valence-electron chi connectivity index (χ0n) is 9.81. The molecule has 0 saturated heterocycles. The topological polar surface area (TPSA) is 95.9 Å². The molecule has 1 unspecified atom stereocenters. The van der Waals surface area contributed by atoms with E-state index in [2.05, 4.69) is 5.32 Å². The van der Waals surface area contributed by atoms with Gasteiger partial charge in [-0.3, -0.25) is 4.79 Å². The summed E-state index contributed by atoms with van der Waals surface area (Å²) in [7, 11) is 1.25. The standard InChI is InChI=1S/C11H11I2NO5/c1-19-8(11(17)18)4-14-10(16)6-2-5(12)3-7(13)9(6)15/h2-3,8,15H,4H2,1H3,(H,14,16)(H,17,18). The molecule has 8 heteroatoms. The number of phenolic OH excluding ortho intramolecular Hbond substituents is 1. The Hall–Kier alpha value is -0.620. The molecule has 0 saturated carbocycles. The van der Waals surface area contributed by atoms with Gasteiger partial charge in [-0.1, -0.05) is 0 Å². The van der Waals surface area contributed by atoms with Crippen molar-refractivity contribution in [1.82, 2.24) is 5.32 Å². The van der Waals surface area contributed by atoms with Gasteiger partial charge in [-0.15, -0.1) is 0 Å². The molecule has 0 bridgehead atoms. The zero-order chi connectivity index (χ0) is 14.6. The molecular weight excluding hydrogens is 480 g/mol. The predicted octanol–water partition coefficient (Wildman–Crippen LogP) is 1.43. The van der Waals surface area contributed by atoms with Crippen LogP contribution in [0.5, 0.6) is 5.75 Å². The highest BCUT2D eigenvalue weighted by Gasteiger charge is 2.20. The molecule has 0 aliphatic heterocycles. The van der Waals surface area contributed by atoms with Crippen LogP contribution >= 0.6 is 45.2 Å². The number of aliphatic carboxylic acids is 1. The summed E-state index contributed by atoms with van der Waals surface area (Å²) in [6, 6.07) is 3.25. The van der Waals surface area contributed by atoms with E-state index in [9.17, 15) is 14.7 Å². The lowest BCUT2D eigenvalue weighted by molar-refractivity contribution is -0.147. The fourth-order valence-electron chi connectivity index (χ4n) is 1.29. The Morgan fingerprint density at radius 3 is 2.58 bits per heavy atom. The van der Waals surface area contributed by atoms with E-state index in [4.69, 9.17) is 9.84 Å². The van der Waals surface area contributed by atoms with Crippen LogP contribution in [-0.4, -0.2) is 41.8 Å². The van der Waals surface area contributed by atoms with Gasteiger partial charge in [0.05, 0.1) is 15.7 Å². The molecule has 1 aromatic carbocycles. The van der Waals surface area contributed by atoms with E-state index >= 15 is 0 Å². The van der Waals surface area contributed by atoms with E-state index in [-0.39, 0.29) is 17.9 Å². The van der Waals surface area contributed by atoms with E-state index in [1.807, 2.05) is 45.2 Å². The van der Waals surface area contributed by atoms with Crippen LogP contribution in [0.4, 0.5) is 0 Å². The average Bonchev–Trinajstić information content (AvgIpc) is 2.33. The number of carbonyl (C=O) groups is 2. The lowest BCUT2D eigenvalue weighted by Gasteiger charge is -2.12. The van der Waals surface area contributed by atoms with Crippen LogP contribution in [-0.2, 0) is 9.53 Å². The fourth-order valence-corrected chi connectivity index (χ4v) is 3.14. The summed E-state index contributed by atoms with van der Waals surface area (Å²) in [6.45, 7) is -0.174. The number of carboxylic acid groups (broad SMARTS) is 1. The van der Waals surface area contributed by atoms with Gasteiger partial charge < -0.3 is 20.3 Å². The van der Waals surface area contributed by atoms with Gasteiger partial charge >= 0.3 is 5.97 Å². The lowest BCUT2D eigenvalue weighted by atomic mass is 10.2. The maximum absolute atomic E-state index is 11.9. The van der Waals surface area contributed by atoms with Crippen LogP contribution in [0.2, 0.25) is 0 Å². The van der Waals surface area contributed by atoms with Crippen LogP contribution < -0.4 is 5.32 Å². The fraction of sp³-hybridized carbons (Fsp3) is 0.273. The second-order valence-corrected chi connectivity index (χ2v) is 5.96. The number of hydrogen-bond donors (Lipinski definition) is 3. The quantitative estimate of drug-likeness (QED) is 0.543. The number of hydrogen-bond acceptors (Lipinski definition) is 4. The van der Waals surface area contributed by atoms with Crippen molar-refractivity contribution in [1.29, 1.82) is 0 Å². The van der Waals surface area contributed by atoms with E-state index < -0.39 is 18.0 Å². The van der Waals surface area contributed by atoms with Crippen molar-refractivity contribution >= 4 is 57.1 Å². The molecule has 0 radical (unpaired) electrons. The van der Waals surface area contributed by atoms with Gasteiger partial charge in [0, 0.05) is 10.7 Å². The molecule has 0 heterocycles. The van der Waals surface area contributed by atoms with Crippen molar-refractivity contribution in [3.05, 3.63) is 24.8 Å². The molecule has 3 N–H and O–H groups in total. The third kappa shape index (κ3) is 4.45. The molecule has 0 fully saturated rings. The largest absolute Gasteiger partial charge is 0.506 e. The molecule has 0 aromatic heterocycles. The van der Waals surface area contributed by atoms with E-state index in [1.54, 1.807) is 6.07 Å². The molecule has 104 valence electrons. The molecule has 0 spiro atoms. The summed E-state index contributed by atoms with van der Waals surface area (Å²) >= 11 is 3.94. The second kappa shape index (κ2) is 7.24. The minimum atomic E-state index is -1.16. The minimum absolute atomic E-state index is 0.108. The molecule has 0 aliphatic carbocycles. The third-order valence-electron chi connectivity index (χ3n) is 2.28. The lowest BCUT2D eigenvalue weighted by Crippen LogP contribution is -2.37. The summed E-state index contributed by atoms with van der Waals surface area (Å²) in [5.41, 5.74) is 0.108. The molecule has 19 heavy (non-hydrogen) atoms. The van der Waals surface area contributed by atoms with Gasteiger partial charge in [0.1, 0.15) is 5.75 Å². The smallest absolute Gasteiger partial charge is 0.334 e. The Bertz CT molecular complexity index is 506. The molecule has 1 atom stereocenters. The average molecular weight is 491 g/mol. The van der Waals surface area contributed by atoms with Crippen molar-refractivity contribution in [2.75, 3.05) is 13.7 Å². The van der Waals surface area contributed by atoms with Gasteiger partial charge in [0.15, 0.2) is 6.10 Å². The normalized spacial score (nSPS) is 11.9. The van der Waals surface area contributed by atoms with E-state index in [1.165, 1.54) is 13.2 Å². The summed E-state index contributed by atoms with van der Waals surface area (Å²) in [5, 5.41) is 21.0. The summed E-state index contributed by atoms with van der Waals surface area (Å²) in [6.07, 6.45) is -1.12. The number of carbonyl (C=O) groups excluding carboxylic acids is 1. The number of ether oxygens (including phenoxy) is 1. The Labute approximate surface area is 136 Å². The highest BCUT2D eigenvalue weighted by Crippen LogP contribution is 2.26. The zero-order valence-corrected chi connectivity index (χ0v) is 14.1. The maximum atomic E-state index is 11.9. The van der Waals surface area contributed by atoms with Crippen LogP contribution in [0.3, 0.4) is 0 Å². The summed E-state index contributed by atoms with van der Waals surface area (Å²) in [5.74, 6) is -1.83. The highest BCUT2D eigenvalue weighted by atomic mass is 127. The third-order valence-corrected chi connectivity index (χ3v) is 3.73. The maximum Gasteiger partial charge on any atom is 0.334 e. The monoisotopic (exact) mass is 491 g/mol. The first-order chi connectivity index (χ1) is 8.86. The Kier molecular flexibility index (Phi) is 6.26. The van der Waals surface area contributed by atoms with Crippen LogP contribution in [0.25, 0.3) is 0 Å². The minimum Gasteiger partial charge on any atom is -0.506 e. The number of halogens is 2. The van der Waals surface area contributed by atoms with Crippen LogP contribution in [0, 0.1) is 7.14 Å². The van der Waals surface area contributed by atoms with Crippen LogP contribution in [0.1, 0.15) is 10.4 Å². The number of rotatable bonds is 5. The molecule has 1 amide bonds. The Morgan fingerprint density at radius 1 is 1.42 bits per heavy atom. The van der Waals surface area contributed by atoms with Crippen molar-refractivity contribution in [2.45, 2.75) is 6.10 Å². The number of aromatic hydroxyl groups is 1. The molecular formula is C11H11I2NO5. The first-order valence-electron chi connectivity index (χ1n) is 5.08. The molecule has 1 aromatic rings. The Morgan fingerprint density at radius 2 is 2.05 bits per heavy atom. The predicted molar refractivity (Wildman–Crippen MR) is 84.3 cm³/mol. The number of methoxy groups -OCH3 is 1. The number of carboxylic acids is 1. The van der Waals surface area contributed by atoms with Gasteiger partial charge in [-0.2, -0.15) is 0 Å². The summed E-state index contributed by atoms with van der Waals surface area (Å²) in [4.78, 5) is 22.6. The highest BCUT2D eigenvalue weighted by molar-refractivity contribution is 14.1. The van der Waals surface area contributed by atoms with Crippen molar-refractivity contribution in [3.63, 3.8) is 0 Å². The SMILES string of the molecule is COC(CNC(=O)c1cc(I)cc(I)c1O)C(=O)O. The van der Waals surface area contributed by atoms with Gasteiger partial charge in [0.25, 0.3) is 5.91 Å². The molecule has 1 rings (SSSR count). The molecule has 0 aliphatic rings. The van der Waals surface area contributed by atoms with E-state index in [0.29, 0.717) is 3.57 Å². The second-order valence-electron chi connectivity index (χ2n) is 3.56. The van der Waals surface area contributed by atoms with Gasteiger partial charge in [-0.05, 0) is 57.3 Å². The number of amides is 1. The van der Waals surface area contributed by atoms with Crippen LogP contribution in [0.15, 0.2) is 12.1 Å². The van der Waals surface area contributed by atoms with Crippen molar-refractivity contribution in [2.24, 2.45) is 0 Å². The van der Waals surface area contributed by atoms with Gasteiger partial charge in [0.2, 0.25) is 0 Å². The number of benzene rings is 1. The number of phenols is 1. The van der Waals surface area contributed by atoms with Crippen molar-refractivity contribution in [3.8, 4) is 5.75 Å². The van der Waals surface area contributed by atoms with Gasteiger partial charge in [-0.25, -0.2) is 4.79 Å². The first kappa shape index (κ1) is 16.4. The molecule has 6 nitrogen and oxygen atoms in total. The Balaban J connectivity index is 2.82. The van der Waals surface area contributed by atoms with E-state index in [0.717, 1.165) is 3.57 Å². The number of nitrogens with one attached hydrogen (secondary N) is 1. The summed E-state index contributed by atoms with van der Waals surface area (Å²) < 4.78 is 6.05. The van der Waals surface area contributed by atoms with Crippen molar-refractivity contribution < 1.29 is 24.5 Å². The first-order valence-corrected chi connectivity index (χ1v) is 7.24.